The predicted molar refractivity (Wildman–Crippen MR) is 74.3 cm³/mol. The number of rotatable bonds is 5. The number of hydrogen-bond acceptors (Lipinski definition) is 2. The van der Waals surface area contributed by atoms with Gasteiger partial charge in [0.2, 0.25) is 5.91 Å². The van der Waals surface area contributed by atoms with Crippen molar-refractivity contribution >= 4 is 32.6 Å². The summed E-state index contributed by atoms with van der Waals surface area (Å²) < 4.78 is 24.4. The number of carbonyl (C=O) groups is 1. The van der Waals surface area contributed by atoms with Gasteiger partial charge in [0.05, 0.1) is 6.42 Å². The molecule has 1 rings (SSSR count). The first-order valence-corrected chi connectivity index (χ1v) is 7.94. The van der Waals surface area contributed by atoms with E-state index >= 15 is 0 Å². The van der Waals surface area contributed by atoms with Crippen molar-refractivity contribution in [2.45, 2.75) is 19.4 Å². The molecular formula is C12H15BrFNO2S. The normalized spacial score (nSPS) is 14.0. The Morgan fingerprint density at radius 3 is 2.78 bits per heavy atom. The summed E-state index contributed by atoms with van der Waals surface area (Å²) in [4.78, 5) is 11.7. The Balaban J connectivity index is 2.56. The molecule has 1 N–H and O–H groups in total. The summed E-state index contributed by atoms with van der Waals surface area (Å²) in [6.07, 6.45) is 1.76. The second-order valence-corrected chi connectivity index (χ2v) is 6.45. The number of nitrogens with one attached hydrogen (secondary N) is 1. The molecule has 6 heteroatoms. The van der Waals surface area contributed by atoms with E-state index in [1.165, 1.54) is 12.1 Å². The van der Waals surface area contributed by atoms with Gasteiger partial charge in [0.25, 0.3) is 0 Å². The van der Waals surface area contributed by atoms with Crippen LogP contribution in [0.1, 0.15) is 12.5 Å². The molecule has 100 valence electrons. The maximum atomic E-state index is 12.9. The Labute approximate surface area is 117 Å². The van der Waals surface area contributed by atoms with Crippen molar-refractivity contribution in [1.82, 2.24) is 5.32 Å². The van der Waals surface area contributed by atoms with E-state index in [2.05, 4.69) is 21.2 Å². The standard InChI is InChI=1S/C12H15BrFNO2S/c1-8(7-18(2)17)15-12(16)5-9-3-4-10(14)6-11(9)13/h3-4,6,8H,5,7H2,1-2H3,(H,15,16)/t8-,18-/m0/s1. The molecule has 0 aliphatic carbocycles. The largest absolute Gasteiger partial charge is 0.352 e. The molecule has 0 aliphatic rings. The van der Waals surface area contributed by atoms with Crippen LogP contribution in [-0.2, 0) is 22.0 Å². The third kappa shape index (κ3) is 5.27. The van der Waals surface area contributed by atoms with Gasteiger partial charge in [0.15, 0.2) is 0 Å². The Kier molecular flexibility index (Phi) is 5.95. The maximum Gasteiger partial charge on any atom is 0.224 e. The lowest BCUT2D eigenvalue weighted by atomic mass is 10.1. The summed E-state index contributed by atoms with van der Waals surface area (Å²) >= 11 is 3.21. The number of amides is 1. The second-order valence-electron chi connectivity index (χ2n) is 4.12. The van der Waals surface area contributed by atoms with E-state index in [-0.39, 0.29) is 24.2 Å². The lowest BCUT2D eigenvalue weighted by Crippen LogP contribution is -2.37. The smallest absolute Gasteiger partial charge is 0.224 e. The SMILES string of the molecule is C[C@@H](C[S@](C)=O)NC(=O)Cc1ccc(F)cc1Br. The van der Waals surface area contributed by atoms with Crippen LogP contribution in [0.5, 0.6) is 0 Å². The van der Waals surface area contributed by atoms with Gasteiger partial charge in [-0.15, -0.1) is 0 Å². The minimum Gasteiger partial charge on any atom is -0.352 e. The molecule has 2 atom stereocenters. The average molecular weight is 336 g/mol. The zero-order chi connectivity index (χ0) is 13.7. The van der Waals surface area contributed by atoms with E-state index < -0.39 is 10.8 Å². The fourth-order valence-corrected chi connectivity index (χ4v) is 2.84. The van der Waals surface area contributed by atoms with E-state index in [1.807, 2.05) is 0 Å². The minimum atomic E-state index is -0.940. The summed E-state index contributed by atoms with van der Waals surface area (Å²) in [6, 6.07) is 4.08. The van der Waals surface area contributed by atoms with Gasteiger partial charge in [-0.2, -0.15) is 0 Å². The second kappa shape index (κ2) is 6.99. The Morgan fingerprint density at radius 2 is 2.22 bits per heavy atom. The van der Waals surface area contributed by atoms with E-state index in [4.69, 9.17) is 0 Å². The average Bonchev–Trinajstić information content (AvgIpc) is 2.20. The third-order valence-corrected chi connectivity index (χ3v) is 3.97. The van der Waals surface area contributed by atoms with Gasteiger partial charge in [0.1, 0.15) is 5.82 Å². The summed E-state index contributed by atoms with van der Waals surface area (Å²) in [5.41, 5.74) is 0.721. The zero-order valence-electron chi connectivity index (χ0n) is 10.2. The predicted octanol–water partition coefficient (Wildman–Crippen LogP) is 2.01. The summed E-state index contributed by atoms with van der Waals surface area (Å²) in [5, 5.41) is 2.75. The van der Waals surface area contributed by atoms with Gasteiger partial charge in [0, 0.05) is 33.3 Å². The Bertz CT molecular complexity index is 467. The van der Waals surface area contributed by atoms with Crippen LogP contribution in [0, 0.1) is 5.82 Å². The molecule has 0 fully saturated rings. The molecule has 0 aromatic heterocycles. The molecule has 3 nitrogen and oxygen atoms in total. The maximum absolute atomic E-state index is 12.9. The van der Waals surface area contributed by atoms with Crippen molar-refractivity contribution in [3.05, 3.63) is 34.1 Å². The van der Waals surface area contributed by atoms with Crippen molar-refractivity contribution in [3.63, 3.8) is 0 Å². The third-order valence-electron chi connectivity index (χ3n) is 2.26. The molecule has 0 unspecified atom stereocenters. The van der Waals surface area contributed by atoms with Gasteiger partial charge in [-0.25, -0.2) is 4.39 Å². The highest BCUT2D eigenvalue weighted by molar-refractivity contribution is 9.10. The summed E-state index contributed by atoms with van der Waals surface area (Å²) in [5.74, 6) is -0.0860. The Hall–Kier alpha value is -0.750. The van der Waals surface area contributed by atoms with E-state index in [0.29, 0.717) is 10.2 Å². The van der Waals surface area contributed by atoms with E-state index in [9.17, 15) is 13.4 Å². The molecule has 0 spiro atoms. The first-order chi connectivity index (χ1) is 8.38. The lowest BCUT2D eigenvalue weighted by Gasteiger charge is -2.12. The molecule has 0 aliphatic heterocycles. The lowest BCUT2D eigenvalue weighted by molar-refractivity contribution is -0.120. The molecule has 1 aromatic rings. The first-order valence-electron chi connectivity index (χ1n) is 5.42. The molecule has 0 radical (unpaired) electrons. The van der Waals surface area contributed by atoms with Gasteiger partial charge in [-0.3, -0.25) is 9.00 Å². The van der Waals surface area contributed by atoms with Crippen molar-refractivity contribution in [2.75, 3.05) is 12.0 Å². The number of carbonyl (C=O) groups excluding carboxylic acids is 1. The minimum absolute atomic E-state index is 0.137. The molecule has 0 bridgehead atoms. The number of benzene rings is 1. The molecule has 18 heavy (non-hydrogen) atoms. The van der Waals surface area contributed by atoms with Gasteiger partial charge >= 0.3 is 0 Å². The molecule has 0 saturated heterocycles. The topological polar surface area (TPSA) is 46.2 Å². The van der Waals surface area contributed by atoms with Crippen molar-refractivity contribution < 1.29 is 13.4 Å². The van der Waals surface area contributed by atoms with E-state index in [1.54, 1.807) is 19.2 Å². The molecule has 1 aromatic carbocycles. The first kappa shape index (κ1) is 15.3. The van der Waals surface area contributed by atoms with Crippen molar-refractivity contribution in [2.24, 2.45) is 0 Å². The molecule has 1 amide bonds. The van der Waals surface area contributed by atoms with Crippen LogP contribution in [0.25, 0.3) is 0 Å². The van der Waals surface area contributed by atoms with Gasteiger partial charge in [-0.05, 0) is 24.6 Å². The van der Waals surface area contributed by atoms with Crippen molar-refractivity contribution in [1.29, 1.82) is 0 Å². The van der Waals surface area contributed by atoms with Crippen LogP contribution in [0.3, 0.4) is 0 Å². The highest BCUT2D eigenvalue weighted by Crippen LogP contribution is 2.18. The van der Waals surface area contributed by atoms with Crippen LogP contribution < -0.4 is 5.32 Å². The number of halogens is 2. The van der Waals surface area contributed by atoms with Crippen molar-refractivity contribution in [3.8, 4) is 0 Å². The highest BCUT2D eigenvalue weighted by Gasteiger charge is 2.11. The fourth-order valence-electron chi connectivity index (χ4n) is 1.56. The van der Waals surface area contributed by atoms with Crippen LogP contribution in [-0.4, -0.2) is 28.2 Å². The van der Waals surface area contributed by atoms with Crippen LogP contribution in [0.15, 0.2) is 22.7 Å². The monoisotopic (exact) mass is 335 g/mol. The molecule has 0 saturated carbocycles. The van der Waals surface area contributed by atoms with Gasteiger partial charge in [-0.1, -0.05) is 22.0 Å². The molecule has 0 heterocycles. The summed E-state index contributed by atoms with van der Waals surface area (Å²) in [7, 11) is -0.940. The highest BCUT2D eigenvalue weighted by atomic mass is 79.9. The van der Waals surface area contributed by atoms with E-state index in [0.717, 1.165) is 5.56 Å². The molecular weight excluding hydrogens is 321 g/mol. The zero-order valence-corrected chi connectivity index (χ0v) is 12.6. The fraction of sp³-hybridized carbons (Fsp3) is 0.417. The van der Waals surface area contributed by atoms with Crippen LogP contribution in [0.4, 0.5) is 4.39 Å². The Morgan fingerprint density at radius 1 is 1.56 bits per heavy atom. The van der Waals surface area contributed by atoms with Crippen LogP contribution >= 0.6 is 15.9 Å². The van der Waals surface area contributed by atoms with Gasteiger partial charge < -0.3 is 5.32 Å². The number of hydrogen-bond donors (Lipinski definition) is 1. The summed E-state index contributed by atoms with van der Waals surface area (Å²) in [6.45, 7) is 1.80. The quantitative estimate of drug-likeness (QED) is 0.894. The van der Waals surface area contributed by atoms with Crippen LogP contribution in [0.2, 0.25) is 0 Å².